The van der Waals surface area contributed by atoms with Gasteiger partial charge in [0.05, 0.1) is 6.61 Å². The van der Waals surface area contributed by atoms with Gasteiger partial charge in [-0.15, -0.1) is 0 Å². The summed E-state index contributed by atoms with van der Waals surface area (Å²) in [6, 6.07) is 7.09. The number of nitrogens with one attached hydrogen (secondary N) is 2. The van der Waals surface area contributed by atoms with E-state index in [4.69, 9.17) is 4.74 Å². The molecular formula is C14H18N2O3. The van der Waals surface area contributed by atoms with Gasteiger partial charge in [0.25, 0.3) is 5.91 Å². The summed E-state index contributed by atoms with van der Waals surface area (Å²) < 4.78 is 5.60. The molecule has 2 N–H and O–H groups in total. The molecule has 1 fully saturated rings. The predicted octanol–water partition coefficient (Wildman–Crippen LogP) is 0.951. The van der Waals surface area contributed by atoms with Gasteiger partial charge in [-0.1, -0.05) is 0 Å². The third kappa shape index (κ3) is 4.62. The quantitative estimate of drug-likeness (QED) is 0.541. The van der Waals surface area contributed by atoms with Crippen LogP contribution in [0.15, 0.2) is 24.3 Å². The van der Waals surface area contributed by atoms with Crippen LogP contribution in [0.2, 0.25) is 0 Å². The molecule has 0 heterocycles. The Bertz CT molecular complexity index is 427. The number of amides is 2. The van der Waals surface area contributed by atoms with Crippen molar-refractivity contribution < 1.29 is 14.3 Å². The van der Waals surface area contributed by atoms with Crippen LogP contribution in [0.4, 0.5) is 0 Å². The lowest BCUT2D eigenvalue weighted by Gasteiger charge is -2.07. The largest absolute Gasteiger partial charge is 0.493 e. The fraction of sp³-hybridized carbons (Fsp3) is 0.429. The predicted molar refractivity (Wildman–Crippen MR) is 71.1 cm³/mol. The van der Waals surface area contributed by atoms with E-state index in [0.29, 0.717) is 31.0 Å². The number of rotatable bonds is 8. The van der Waals surface area contributed by atoms with E-state index in [1.165, 1.54) is 12.8 Å². The summed E-state index contributed by atoms with van der Waals surface area (Å²) in [7, 11) is 0. The molecule has 0 radical (unpaired) electrons. The molecule has 0 spiro atoms. The molecule has 0 aliphatic heterocycles. The number of hydrogen-bond acceptors (Lipinski definition) is 3. The van der Waals surface area contributed by atoms with E-state index in [1.54, 1.807) is 24.3 Å². The van der Waals surface area contributed by atoms with Crippen LogP contribution in [0.3, 0.4) is 0 Å². The van der Waals surface area contributed by atoms with Crippen LogP contribution in [-0.2, 0) is 4.79 Å². The molecule has 0 unspecified atom stereocenters. The van der Waals surface area contributed by atoms with Crippen molar-refractivity contribution in [3.8, 4) is 5.75 Å². The van der Waals surface area contributed by atoms with E-state index in [0.717, 1.165) is 12.4 Å². The second-order valence-electron chi connectivity index (χ2n) is 4.61. The van der Waals surface area contributed by atoms with Gasteiger partial charge in [-0.3, -0.25) is 9.59 Å². The SMILES string of the molecule is O=CNCCNC(=O)c1ccc(OCC2CC2)cc1. The maximum Gasteiger partial charge on any atom is 0.251 e. The van der Waals surface area contributed by atoms with Crippen molar-refractivity contribution in [1.29, 1.82) is 0 Å². The Kier molecular flexibility index (Phi) is 4.78. The summed E-state index contributed by atoms with van der Waals surface area (Å²) in [5, 5.41) is 5.19. The van der Waals surface area contributed by atoms with E-state index >= 15 is 0 Å². The molecule has 0 saturated heterocycles. The van der Waals surface area contributed by atoms with Crippen LogP contribution in [0.1, 0.15) is 23.2 Å². The molecule has 2 rings (SSSR count). The third-order valence-corrected chi connectivity index (χ3v) is 2.94. The van der Waals surface area contributed by atoms with Gasteiger partial charge in [0.2, 0.25) is 6.41 Å². The number of carbonyl (C=O) groups is 2. The zero-order valence-electron chi connectivity index (χ0n) is 10.7. The second-order valence-corrected chi connectivity index (χ2v) is 4.61. The summed E-state index contributed by atoms with van der Waals surface area (Å²) in [5.74, 6) is 1.36. The summed E-state index contributed by atoms with van der Waals surface area (Å²) in [4.78, 5) is 21.8. The molecule has 5 heteroatoms. The Balaban J connectivity index is 1.75. The molecule has 5 nitrogen and oxygen atoms in total. The van der Waals surface area contributed by atoms with Gasteiger partial charge < -0.3 is 15.4 Å². The maximum absolute atomic E-state index is 11.7. The average Bonchev–Trinajstić information content (AvgIpc) is 3.26. The Hall–Kier alpha value is -2.04. The first-order chi connectivity index (χ1) is 9.29. The minimum Gasteiger partial charge on any atom is -0.493 e. The first-order valence-corrected chi connectivity index (χ1v) is 6.47. The fourth-order valence-corrected chi connectivity index (χ4v) is 1.61. The minimum atomic E-state index is -0.151. The Morgan fingerprint density at radius 3 is 2.63 bits per heavy atom. The van der Waals surface area contributed by atoms with Crippen molar-refractivity contribution in [3.05, 3.63) is 29.8 Å². The monoisotopic (exact) mass is 262 g/mol. The molecule has 1 aliphatic rings. The first kappa shape index (κ1) is 13.4. The number of hydrogen-bond donors (Lipinski definition) is 2. The molecule has 0 aromatic heterocycles. The molecule has 19 heavy (non-hydrogen) atoms. The number of carbonyl (C=O) groups excluding carboxylic acids is 2. The fourth-order valence-electron chi connectivity index (χ4n) is 1.61. The molecular weight excluding hydrogens is 244 g/mol. The zero-order valence-corrected chi connectivity index (χ0v) is 10.7. The van der Waals surface area contributed by atoms with Crippen molar-refractivity contribution >= 4 is 12.3 Å². The summed E-state index contributed by atoms with van der Waals surface area (Å²) in [5.41, 5.74) is 0.588. The molecule has 1 aromatic carbocycles. The molecule has 102 valence electrons. The highest BCUT2D eigenvalue weighted by Gasteiger charge is 2.21. The van der Waals surface area contributed by atoms with Crippen molar-refractivity contribution in [2.24, 2.45) is 5.92 Å². The lowest BCUT2D eigenvalue weighted by Crippen LogP contribution is -2.31. The maximum atomic E-state index is 11.7. The van der Waals surface area contributed by atoms with Crippen LogP contribution in [0.25, 0.3) is 0 Å². The van der Waals surface area contributed by atoms with Crippen LogP contribution < -0.4 is 15.4 Å². The third-order valence-electron chi connectivity index (χ3n) is 2.94. The Labute approximate surface area is 112 Å². The van der Waals surface area contributed by atoms with Crippen molar-refractivity contribution in [3.63, 3.8) is 0 Å². The number of benzene rings is 1. The molecule has 0 bridgehead atoms. The smallest absolute Gasteiger partial charge is 0.251 e. The molecule has 1 aliphatic carbocycles. The van der Waals surface area contributed by atoms with Crippen LogP contribution in [-0.4, -0.2) is 32.0 Å². The Morgan fingerprint density at radius 1 is 1.26 bits per heavy atom. The Morgan fingerprint density at radius 2 is 2.00 bits per heavy atom. The van der Waals surface area contributed by atoms with Gasteiger partial charge in [0.15, 0.2) is 0 Å². The van der Waals surface area contributed by atoms with Crippen molar-refractivity contribution in [2.45, 2.75) is 12.8 Å². The van der Waals surface area contributed by atoms with E-state index in [1.807, 2.05) is 0 Å². The first-order valence-electron chi connectivity index (χ1n) is 6.47. The summed E-state index contributed by atoms with van der Waals surface area (Å²) in [6.07, 6.45) is 3.13. The van der Waals surface area contributed by atoms with E-state index in [9.17, 15) is 9.59 Å². The summed E-state index contributed by atoms with van der Waals surface area (Å²) in [6.45, 7) is 1.61. The highest BCUT2D eigenvalue weighted by Crippen LogP contribution is 2.29. The van der Waals surface area contributed by atoms with Gasteiger partial charge in [-0.05, 0) is 43.0 Å². The summed E-state index contributed by atoms with van der Waals surface area (Å²) >= 11 is 0. The number of ether oxygens (including phenoxy) is 1. The van der Waals surface area contributed by atoms with Gasteiger partial charge >= 0.3 is 0 Å². The standard InChI is InChI=1S/C14H18N2O3/c17-10-15-7-8-16-14(18)12-3-5-13(6-4-12)19-9-11-1-2-11/h3-6,10-11H,1-2,7-9H2,(H,15,17)(H,16,18). The molecule has 2 amide bonds. The van der Waals surface area contributed by atoms with E-state index in [-0.39, 0.29) is 5.91 Å². The van der Waals surface area contributed by atoms with E-state index in [2.05, 4.69) is 10.6 Å². The highest BCUT2D eigenvalue weighted by molar-refractivity contribution is 5.94. The lowest BCUT2D eigenvalue weighted by atomic mass is 10.2. The normalized spacial score (nSPS) is 13.7. The molecule has 1 aromatic rings. The highest BCUT2D eigenvalue weighted by atomic mass is 16.5. The van der Waals surface area contributed by atoms with Crippen molar-refractivity contribution in [2.75, 3.05) is 19.7 Å². The zero-order chi connectivity index (χ0) is 13.5. The van der Waals surface area contributed by atoms with Crippen molar-refractivity contribution in [1.82, 2.24) is 10.6 Å². The lowest BCUT2D eigenvalue weighted by molar-refractivity contribution is -0.109. The molecule has 1 saturated carbocycles. The topological polar surface area (TPSA) is 67.4 Å². The van der Waals surface area contributed by atoms with Gasteiger partial charge in [0.1, 0.15) is 5.75 Å². The minimum absolute atomic E-state index is 0.151. The van der Waals surface area contributed by atoms with Gasteiger partial charge in [0, 0.05) is 18.7 Å². The average molecular weight is 262 g/mol. The van der Waals surface area contributed by atoms with Crippen LogP contribution in [0, 0.1) is 5.92 Å². The van der Waals surface area contributed by atoms with Gasteiger partial charge in [-0.25, -0.2) is 0 Å². The van der Waals surface area contributed by atoms with Crippen LogP contribution >= 0.6 is 0 Å². The van der Waals surface area contributed by atoms with E-state index < -0.39 is 0 Å². The van der Waals surface area contributed by atoms with Gasteiger partial charge in [-0.2, -0.15) is 0 Å². The second kappa shape index (κ2) is 6.78. The van der Waals surface area contributed by atoms with Crippen LogP contribution in [0.5, 0.6) is 5.75 Å². The molecule has 0 atom stereocenters.